The SMILES string of the molecule is Cc1cccn(CCC2CCCCN2)c1=O. The second-order valence-corrected chi connectivity index (χ2v) is 4.63. The van der Waals surface area contributed by atoms with Crippen molar-refractivity contribution >= 4 is 0 Å². The normalized spacial score (nSPS) is 20.9. The number of nitrogens with one attached hydrogen (secondary N) is 1. The van der Waals surface area contributed by atoms with E-state index >= 15 is 0 Å². The van der Waals surface area contributed by atoms with Gasteiger partial charge in [0.1, 0.15) is 0 Å². The maximum Gasteiger partial charge on any atom is 0.253 e. The van der Waals surface area contributed by atoms with Crippen LogP contribution in [-0.2, 0) is 6.54 Å². The van der Waals surface area contributed by atoms with Crippen molar-refractivity contribution in [1.29, 1.82) is 0 Å². The van der Waals surface area contributed by atoms with E-state index < -0.39 is 0 Å². The average Bonchev–Trinajstić information content (AvgIpc) is 2.32. The van der Waals surface area contributed by atoms with Crippen LogP contribution in [0.15, 0.2) is 23.1 Å². The van der Waals surface area contributed by atoms with Gasteiger partial charge in [-0.15, -0.1) is 0 Å². The van der Waals surface area contributed by atoms with Gasteiger partial charge in [0.05, 0.1) is 0 Å². The summed E-state index contributed by atoms with van der Waals surface area (Å²) < 4.78 is 1.83. The molecule has 1 aliphatic heterocycles. The molecular formula is C13H20N2O. The van der Waals surface area contributed by atoms with Gasteiger partial charge in [-0.2, -0.15) is 0 Å². The molecule has 1 unspecified atom stereocenters. The lowest BCUT2D eigenvalue weighted by Gasteiger charge is -2.23. The van der Waals surface area contributed by atoms with Gasteiger partial charge in [-0.25, -0.2) is 0 Å². The zero-order valence-electron chi connectivity index (χ0n) is 9.91. The lowest BCUT2D eigenvalue weighted by atomic mass is 10.0. The minimum Gasteiger partial charge on any atom is -0.315 e. The summed E-state index contributed by atoms with van der Waals surface area (Å²) in [4.78, 5) is 11.8. The van der Waals surface area contributed by atoms with E-state index in [9.17, 15) is 4.79 Å². The van der Waals surface area contributed by atoms with Crippen LogP contribution < -0.4 is 10.9 Å². The second kappa shape index (κ2) is 5.30. The second-order valence-electron chi connectivity index (χ2n) is 4.63. The molecule has 1 saturated heterocycles. The fraction of sp³-hybridized carbons (Fsp3) is 0.615. The first-order chi connectivity index (χ1) is 7.77. The van der Waals surface area contributed by atoms with Gasteiger partial charge >= 0.3 is 0 Å². The van der Waals surface area contributed by atoms with Crippen molar-refractivity contribution < 1.29 is 0 Å². The smallest absolute Gasteiger partial charge is 0.253 e. The molecule has 0 spiro atoms. The molecule has 1 aromatic heterocycles. The third-order valence-electron chi connectivity index (χ3n) is 3.34. The Kier molecular flexibility index (Phi) is 3.78. The van der Waals surface area contributed by atoms with Crippen LogP contribution in [0.5, 0.6) is 0 Å². The minimum absolute atomic E-state index is 0.151. The average molecular weight is 220 g/mol. The number of hydrogen-bond donors (Lipinski definition) is 1. The summed E-state index contributed by atoms with van der Waals surface area (Å²) >= 11 is 0. The standard InChI is InChI=1S/C13H20N2O/c1-11-5-4-9-15(13(11)16)10-7-12-6-2-3-8-14-12/h4-5,9,12,14H,2-3,6-8,10H2,1H3. The summed E-state index contributed by atoms with van der Waals surface area (Å²) in [6.07, 6.45) is 6.81. The summed E-state index contributed by atoms with van der Waals surface area (Å²) in [5, 5.41) is 3.51. The Morgan fingerprint density at radius 1 is 1.50 bits per heavy atom. The largest absolute Gasteiger partial charge is 0.315 e. The van der Waals surface area contributed by atoms with Gasteiger partial charge in [-0.05, 0) is 38.8 Å². The molecule has 16 heavy (non-hydrogen) atoms. The molecule has 0 radical (unpaired) electrons. The van der Waals surface area contributed by atoms with E-state index in [1.54, 1.807) is 0 Å². The third kappa shape index (κ3) is 2.73. The quantitative estimate of drug-likeness (QED) is 0.841. The summed E-state index contributed by atoms with van der Waals surface area (Å²) in [6, 6.07) is 4.42. The molecule has 0 aromatic carbocycles. The number of nitrogens with zero attached hydrogens (tertiary/aromatic N) is 1. The van der Waals surface area contributed by atoms with E-state index in [4.69, 9.17) is 0 Å². The monoisotopic (exact) mass is 220 g/mol. The fourth-order valence-corrected chi connectivity index (χ4v) is 2.30. The van der Waals surface area contributed by atoms with Crippen molar-refractivity contribution in [3.05, 3.63) is 34.2 Å². The van der Waals surface area contributed by atoms with Gasteiger partial charge < -0.3 is 9.88 Å². The minimum atomic E-state index is 0.151. The highest BCUT2D eigenvalue weighted by Gasteiger charge is 2.12. The molecule has 1 fully saturated rings. The van der Waals surface area contributed by atoms with E-state index in [2.05, 4.69) is 5.32 Å². The van der Waals surface area contributed by atoms with E-state index in [-0.39, 0.29) is 5.56 Å². The molecule has 0 saturated carbocycles. The summed E-state index contributed by atoms with van der Waals surface area (Å²) in [6.45, 7) is 3.84. The number of hydrogen-bond acceptors (Lipinski definition) is 2. The Bertz CT molecular complexity index is 391. The molecule has 2 rings (SSSR count). The van der Waals surface area contributed by atoms with Crippen molar-refractivity contribution in [2.24, 2.45) is 0 Å². The van der Waals surface area contributed by atoms with Gasteiger partial charge in [0, 0.05) is 24.3 Å². The number of aryl methyl sites for hydroxylation is 2. The van der Waals surface area contributed by atoms with Crippen molar-refractivity contribution in [2.45, 2.75) is 45.2 Å². The molecule has 0 amide bonds. The Morgan fingerprint density at radius 3 is 3.12 bits per heavy atom. The number of rotatable bonds is 3. The molecule has 1 aromatic rings. The van der Waals surface area contributed by atoms with Crippen LogP contribution in [0.3, 0.4) is 0 Å². The Balaban J connectivity index is 1.94. The predicted octanol–water partition coefficient (Wildman–Crippen LogP) is 1.69. The van der Waals surface area contributed by atoms with Crippen LogP contribution in [0.1, 0.15) is 31.2 Å². The molecule has 2 heterocycles. The zero-order chi connectivity index (χ0) is 11.4. The van der Waals surface area contributed by atoms with E-state index in [0.29, 0.717) is 6.04 Å². The molecule has 0 aliphatic carbocycles. The van der Waals surface area contributed by atoms with Crippen LogP contribution >= 0.6 is 0 Å². The van der Waals surface area contributed by atoms with Crippen molar-refractivity contribution in [3.63, 3.8) is 0 Å². The van der Waals surface area contributed by atoms with Crippen molar-refractivity contribution in [3.8, 4) is 0 Å². The van der Waals surface area contributed by atoms with Gasteiger partial charge in [0.25, 0.3) is 5.56 Å². The Labute approximate surface area is 96.5 Å². The zero-order valence-corrected chi connectivity index (χ0v) is 9.91. The van der Waals surface area contributed by atoms with Crippen LogP contribution in [-0.4, -0.2) is 17.2 Å². The predicted molar refractivity (Wildman–Crippen MR) is 65.7 cm³/mol. The van der Waals surface area contributed by atoms with Gasteiger partial charge in [0.15, 0.2) is 0 Å². The molecule has 1 atom stereocenters. The van der Waals surface area contributed by atoms with Crippen LogP contribution in [0.2, 0.25) is 0 Å². The summed E-state index contributed by atoms with van der Waals surface area (Å²) in [7, 11) is 0. The van der Waals surface area contributed by atoms with E-state index in [1.807, 2.05) is 29.8 Å². The first-order valence-electron chi connectivity index (χ1n) is 6.17. The van der Waals surface area contributed by atoms with Crippen molar-refractivity contribution in [1.82, 2.24) is 9.88 Å². The molecule has 88 valence electrons. The van der Waals surface area contributed by atoms with E-state index in [0.717, 1.165) is 25.1 Å². The molecule has 3 nitrogen and oxygen atoms in total. The lowest BCUT2D eigenvalue weighted by molar-refractivity contribution is 0.365. The molecule has 1 aliphatic rings. The highest BCUT2D eigenvalue weighted by molar-refractivity contribution is 5.07. The number of piperidine rings is 1. The number of aromatic nitrogens is 1. The van der Waals surface area contributed by atoms with Crippen LogP contribution in [0.4, 0.5) is 0 Å². The third-order valence-corrected chi connectivity index (χ3v) is 3.34. The van der Waals surface area contributed by atoms with Crippen LogP contribution in [0, 0.1) is 6.92 Å². The highest BCUT2D eigenvalue weighted by atomic mass is 16.1. The summed E-state index contributed by atoms with van der Waals surface area (Å²) in [5.41, 5.74) is 0.984. The topological polar surface area (TPSA) is 34.0 Å². The van der Waals surface area contributed by atoms with Gasteiger partial charge in [-0.1, -0.05) is 12.5 Å². The van der Waals surface area contributed by atoms with Crippen LogP contribution in [0.25, 0.3) is 0 Å². The lowest BCUT2D eigenvalue weighted by Crippen LogP contribution is -2.35. The van der Waals surface area contributed by atoms with E-state index in [1.165, 1.54) is 19.3 Å². The van der Waals surface area contributed by atoms with Crippen molar-refractivity contribution in [2.75, 3.05) is 6.54 Å². The highest BCUT2D eigenvalue weighted by Crippen LogP contribution is 2.10. The molecule has 3 heteroatoms. The Morgan fingerprint density at radius 2 is 2.38 bits per heavy atom. The molecule has 1 N–H and O–H groups in total. The summed E-state index contributed by atoms with van der Waals surface area (Å²) in [5.74, 6) is 0. The fourth-order valence-electron chi connectivity index (χ4n) is 2.30. The maximum atomic E-state index is 11.8. The molecular weight excluding hydrogens is 200 g/mol. The van der Waals surface area contributed by atoms with Gasteiger partial charge in [0.2, 0.25) is 0 Å². The molecule has 0 bridgehead atoms. The number of pyridine rings is 1. The first-order valence-corrected chi connectivity index (χ1v) is 6.17. The maximum absolute atomic E-state index is 11.8. The van der Waals surface area contributed by atoms with Gasteiger partial charge in [-0.3, -0.25) is 4.79 Å². The Hall–Kier alpha value is -1.09. The first kappa shape index (κ1) is 11.4.